The Hall–Kier alpha value is -1.06. The van der Waals surface area contributed by atoms with Crippen LogP contribution in [0.2, 0.25) is 0 Å². The van der Waals surface area contributed by atoms with Gasteiger partial charge in [0.25, 0.3) is 0 Å². The lowest BCUT2D eigenvalue weighted by Crippen LogP contribution is -2.09. The van der Waals surface area contributed by atoms with E-state index in [0.29, 0.717) is 12.8 Å². The van der Waals surface area contributed by atoms with Crippen molar-refractivity contribution >= 4 is 11.8 Å². The van der Waals surface area contributed by atoms with Crippen molar-refractivity contribution in [1.82, 2.24) is 0 Å². The molecule has 322 valence electrons. The molecule has 0 bridgehead atoms. The molecule has 0 saturated heterocycles. The molecule has 0 saturated carbocycles. The highest BCUT2D eigenvalue weighted by Gasteiger charge is 2.00. The third kappa shape index (κ3) is 50.9. The maximum Gasteiger partial charge on any atom is 0.217 e. The number of hydrogen-bond donors (Lipinski definition) is 2. The van der Waals surface area contributed by atoms with Gasteiger partial charge >= 0.3 is 0 Å². The Morgan fingerprint density at radius 1 is 0.167 bits per heavy atom. The van der Waals surface area contributed by atoms with E-state index in [1.807, 2.05) is 0 Å². The minimum Gasteiger partial charge on any atom is -0.370 e. The zero-order valence-corrected chi connectivity index (χ0v) is 36.9. The molecule has 0 aliphatic carbocycles. The fourth-order valence-corrected chi connectivity index (χ4v) is 8.38. The minimum atomic E-state index is -0.149. The van der Waals surface area contributed by atoms with Gasteiger partial charge in [-0.3, -0.25) is 9.59 Å². The lowest BCUT2D eigenvalue weighted by atomic mass is 10.0. The summed E-state index contributed by atoms with van der Waals surface area (Å²) in [6.45, 7) is 0. The average molecular weight is 761 g/mol. The summed E-state index contributed by atoms with van der Waals surface area (Å²) in [6.07, 6.45) is 65.8. The smallest absolute Gasteiger partial charge is 0.217 e. The van der Waals surface area contributed by atoms with Gasteiger partial charge in [0.1, 0.15) is 0 Å². The summed E-state index contributed by atoms with van der Waals surface area (Å²) in [7, 11) is 0. The molecular formula is C50H100N2O2. The van der Waals surface area contributed by atoms with Gasteiger partial charge in [0.15, 0.2) is 0 Å². The molecule has 0 aliphatic rings. The first-order chi connectivity index (χ1) is 26.6. The van der Waals surface area contributed by atoms with Crippen molar-refractivity contribution in [2.45, 2.75) is 308 Å². The second-order valence-electron chi connectivity index (χ2n) is 17.7. The third-order valence-corrected chi connectivity index (χ3v) is 12.1. The lowest BCUT2D eigenvalue weighted by molar-refractivity contribution is -0.119. The number of rotatable bonds is 49. The van der Waals surface area contributed by atoms with Gasteiger partial charge in [-0.1, -0.05) is 283 Å². The first-order valence-corrected chi connectivity index (χ1v) is 25.2. The Kier molecular flexibility index (Phi) is 47.1. The van der Waals surface area contributed by atoms with E-state index in [1.165, 1.54) is 283 Å². The monoisotopic (exact) mass is 761 g/mol. The molecule has 4 heteroatoms. The molecule has 0 aromatic rings. The van der Waals surface area contributed by atoms with Crippen molar-refractivity contribution in [3.63, 3.8) is 0 Å². The molecule has 4 N–H and O–H groups in total. The molecule has 0 unspecified atom stereocenters. The number of hydrogen-bond acceptors (Lipinski definition) is 2. The van der Waals surface area contributed by atoms with Gasteiger partial charge in [0.05, 0.1) is 0 Å². The largest absolute Gasteiger partial charge is 0.370 e. The highest BCUT2D eigenvalue weighted by Crippen LogP contribution is 2.18. The Balaban J connectivity index is 3.06. The average Bonchev–Trinajstić information content (AvgIpc) is 3.15. The summed E-state index contributed by atoms with van der Waals surface area (Å²) in [5.74, 6) is -0.298. The van der Waals surface area contributed by atoms with Gasteiger partial charge in [-0.15, -0.1) is 0 Å². The van der Waals surface area contributed by atoms with E-state index in [4.69, 9.17) is 11.5 Å². The normalized spacial score (nSPS) is 11.5. The van der Waals surface area contributed by atoms with Gasteiger partial charge in [-0.25, -0.2) is 0 Å². The van der Waals surface area contributed by atoms with Crippen LogP contribution in [0.25, 0.3) is 0 Å². The van der Waals surface area contributed by atoms with Crippen molar-refractivity contribution in [3.8, 4) is 0 Å². The van der Waals surface area contributed by atoms with Crippen molar-refractivity contribution in [3.05, 3.63) is 0 Å². The van der Waals surface area contributed by atoms with E-state index in [2.05, 4.69) is 0 Å². The predicted molar refractivity (Wildman–Crippen MR) is 240 cm³/mol. The Morgan fingerprint density at radius 3 is 0.315 bits per heavy atom. The van der Waals surface area contributed by atoms with Crippen molar-refractivity contribution in [2.24, 2.45) is 11.5 Å². The second kappa shape index (κ2) is 48.1. The van der Waals surface area contributed by atoms with Crippen molar-refractivity contribution in [2.75, 3.05) is 0 Å². The topological polar surface area (TPSA) is 86.2 Å². The van der Waals surface area contributed by atoms with E-state index in [9.17, 15) is 9.59 Å². The molecule has 54 heavy (non-hydrogen) atoms. The van der Waals surface area contributed by atoms with E-state index < -0.39 is 0 Å². The molecular weight excluding hydrogens is 661 g/mol. The van der Waals surface area contributed by atoms with Crippen LogP contribution in [0, 0.1) is 0 Å². The van der Waals surface area contributed by atoms with E-state index >= 15 is 0 Å². The summed E-state index contributed by atoms with van der Waals surface area (Å²) in [5.41, 5.74) is 10.4. The van der Waals surface area contributed by atoms with Crippen LogP contribution in [-0.2, 0) is 9.59 Å². The predicted octanol–water partition coefficient (Wildman–Crippen LogP) is 16.7. The van der Waals surface area contributed by atoms with Crippen LogP contribution in [0.3, 0.4) is 0 Å². The maximum atomic E-state index is 10.7. The molecule has 0 aliphatic heterocycles. The molecule has 0 aromatic carbocycles. The zero-order chi connectivity index (χ0) is 39.1. The Morgan fingerprint density at radius 2 is 0.241 bits per heavy atom. The minimum absolute atomic E-state index is 0.149. The fourth-order valence-electron chi connectivity index (χ4n) is 8.38. The zero-order valence-electron chi connectivity index (χ0n) is 36.9. The first-order valence-electron chi connectivity index (χ1n) is 25.2. The molecule has 0 spiro atoms. The van der Waals surface area contributed by atoms with Gasteiger partial charge in [0, 0.05) is 12.8 Å². The van der Waals surface area contributed by atoms with Crippen LogP contribution in [-0.4, -0.2) is 11.8 Å². The molecule has 0 aromatic heterocycles. The van der Waals surface area contributed by atoms with Gasteiger partial charge in [-0.2, -0.15) is 0 Å². The van der Waals surface area contributed by atoms with Crippen molar-refractivity contribution < 1.29 is 9.59 Å². The highest BCUT2D eigenvalue weighted by molar-refractivity contribution is 5.73. The van der Waals surface area contributed by atoms with Crippen LogP contribution in [0.15, 0.2) is 0 Å². The van der Waals surface area contributed by atoms with Gasteiger partial charge < -0.3 is 11.5 Å². The molecule has 0 heterocycles. The van der Waals surface area contributed by atoms with Crippen molar-refractivity contribution in [1.29, 1.82) is 0 Å². The van der Waals surface area contributed by atoms with Crippen LogP contribution in [0.4, 0.5) is 0 Å². The van der Waals surface area contributed by atoms with E-state index in [0.717, 1.165) is 12.8 Å². The number of carbonyl (C=O) groups excluding carboxylic acids is 2. The van der Waals surface area contributed by atoms with Crippen LogP contribution in [0.1, 0.15) is 308 Å². The quantitative estimate of drug-likeness (QED) is 0.0605. The Labute approximate surface area is 340 Å². The standard InChI is InChI=1S/C50H100N2O2/c51-49(53)47-45-43-41-39-37-35-33-31-29-27-25-23-21-19-17-15-13-11-9-7-5-3-1-2-4-6-8-10-12-14-16-18-20-22-24-26-28-30-32-34-36-38-40-42-44-46-48-50(52)54/h1-48H2,(H2,51,53)(H2,52,54). The summed E-state index contributed by atoms with van der Waals surface area (Å²) in [5, 5.41) is 0. The first kappa shape index (κ1) is 52.9. The number of amides is 2. The number of unbranched alkanes of at least 4 members (excludes halogenated alkanes) is 45. The van der Waals surface area contributed by atoms with Gasteiger partial charge in [0.2, 0.25) is 11.8 Å². The molecule has 0 radical (unpaired) electrons. The molecule has 0 fully saturated rings. The highest BCUT2D eigenvalue weighted by atomic mass is 16.1. The molecule has 4 nitrogen and oxygen atoms in total. The van der Waals surface area contributed by atoms with Gasteiger partial charge in [-0.05, 0) is 12.8 Å². The van der Waals surface area contributed by atoms with E-state index in [-0.39, 0.29) is 11.8 Å². The number of nitrogens with two attached hydrogens (primary N) is 2. The van der Waals surface area contributed by atoms with E-state index in [1.54, 1.807) is 0 Å². The third-order valence-electron chi connectivity index (χ3n) is 12.1. The second-order valence-corrected chi connectivity index (χ2v) is 17.7. The number of carbonyl (C=O) groups is 2. The number of primary amides is 2. The summed E-state index contributed by atoms with van der Waals surface area (Å²) in [4.78, 5) is 21.5. The molecule has 0 rings (SSSR count). The Bertz CT molecular complexity index is 665. The fraction of sp³-hybridized carbons (Fsp3) is 0.960. The summed E-state index contributed by atoms with van der Waals surface area (Å²) in [6, 6.07) is 0. The molecule has 0 atom stereocenters. The van der Waals surface area contributed by atoms with Crippen LogP contribution < -0.4 is 11.5 Å². The molecule has 2 amide bonds. The SMILES string of the molecule is NC(=O)CCCCCCCCCCCCCCCCCCCCCCCCCCCCCCCCCCCCCCCCCCCCCCCCC(N)=O. The maximum absolute atomic E-state index is 10.7. The van der Waals surface area contributed by atoms with Crippen LogP contribution >= 0.6 is 0 Å². The lowest BCUT2D eigenvalue weighted by Gasteiger charge is -2.05. The summed E-state index contributed by atoms with van der Waals surface area (Å²) >= 11 is 0. The summed E-state index contributed by atoms with van der Waals surface area (Å²) < 4.78 is 0. The van der Waals surface area contributed by atoms with Crippen LogP contribution in [0.5, 0.6) is 0 Å².